The van der Waals surface area contributed by atoms with Crippen LogP contribution in [0.3, 0.4) is 0 Å². The van der Waals surface area contributed by atoms with Gasteiger partial charge in [-0.1, -0.05) is 30.3 Å². The zero-order chi connectivity index (χ0) is 16.0. The molecule has 0 radical (unpaired) electrons. The van der Waals surface area contributed by atoms with Crippen LogP contribution < -0.4 is 10.6 Å². The maximum atomic E-state index is 12.0. The first-order valence-electron chi connectivity index (χ1n) is 7.76. The Labute approximate surface area is 132 Å². The molecule has 3 atom stereocenters. The summed E-state index contributed by atoms with van der Waals surface area (Å²) in [5, 5.41) is 6.25. The number of amides is 1. The Morgan fingerprint density at radius 3 is 2.68 bits per heavy atom. The number of nitrogens with one attached hydrogen (secondary N) is 2. The third-order valence-electron chi connectivity index (χ3n) is 4.50. The molecule has 22 heavy (non-hydrogen) atoms. The fraction of sp³-hybridized carbons (Fsp3) is 0.588. The molecular formula is C17H26N2O3. The van der Waals surface area contributed by atoms with E-state index < -0.39 is 0 Å². The molecule has 0 heterocycles. The molecule has 1 unspecified atom stereocenters. The van der Waals surface area contributed by atoms with Crippen LogP contribution in [0.2, 0.25) is 0 Å². The Morgan fingerprint density at radius 1 is 1.32 bits per heavy atom. The average molecular weight is 306 g/mol. The minimum Gasteiger partial charge on any atom is -0.445 e. The van der Waals surface area contributed by atoms with E-state index in [0.29, 0.717) is 6.61 Å². The Balaban J connectivity index is 1.83. The van der Waals surface area contributed by atoms with Gasteiger partial charge in [-0.25, -0.2) is 4.79 Å². The van der Waals surface area contributed by atoms with Crippen LogP contribution in [0.4, 0.5) is 4.79 Å². The van der Waals surface area contributed by atoms with Gasteiger partial charge in [-0.15, -0.1) is 0 Å². The van der Waals surface area contributed by atoms with Crippen LogP contribution in [0.15, 0.2) is 30.3 Å². The molecule has 122 valence electrons. The first kappa shape index (κ1) is 16.8. The van der Waals surface area contributed by atoms with Crippen LogP contribution in [0.1, 0.15) is 31.7 Å². The van der Waals surface area contributed by atoms with Crippen molar-refractivity contribution in [2.24, 2.45) is 0 Å². The van der Waals surface area contributed by atoms with E-state index in [1.807, 2.05) is 37.4 Å². The molecule has 5 nitrogen and oxygen atoms in total. The molecule has 2 rings (SSSR count). The van der Waals surface area contributed by atoms with Crippen molar-refractivity contribution in [3.05, 3.63) is 35.9 Å². The van der Waals surface area contributed by atoms with Crippen LogP contribution in [-0.2, 0) is 16.1 Å². The van der Waals surface area contributed by atoms with E-state index in [2.05, 4.69) is 17.6 Å². The molecule has 0 aliphatic heterocycles. The predicted octanol–water partition coefficient (Wildman–Crippen LogP) is 2.46. The van der Waals surface area contributed by atoms with Crippen LogP contribution in [0.5, 0.6) is 0 Å². The molecule has 1 aliphatic rings. The van der Waals surface area contributed by atoms with Crippen molar-refractivity contribution < 1.29 is 14.3 Å². The van der Waals surface area contributed by atoms with Crippen molar-refractivity contribution in [3.8, 4) is 0 Å². The van der Waals surface area contributed by atoms with Crippen LogP contribution in [-0.4, -0.2) is 37.9 Å². The van der Waals surface area contributed by atoms with Gasteiger partial charge in [0.1, 0.15) is 6.61 Å². The van der Waals surface area contributed by atoms with Crippen molar-refractivity contribution in [2.75, 3.05) is 14.2 Å². The zero-order valence-electron chi connectivity index (χ0n) is 13.6. The van der Waals surface area contributed by atoms with Crippen molar-refractivity contribution >= 4 is 6.09 Å². The number of methoxy groups -OCH3 is 1. The van der Waals surface area contributed by atoms with Gasteiger partial charge in [-0.05, 0) is 38.8 Å². The van der Waals surface area contributed by atoms with Crippen LogP contribution in [0, 0.1) is 0 Å². The summed E-state index contributed by atoms with van der Waals surface area (Å²) in [6.45, 7) is 2.40. The van der Waals surface area contributed by atoms with E-state index in [0.717, 1.165) is 24.8 Å². The summed E-state index contributed by atoms with van der Waals surface area (Å²) >= 11 is 0. The van der Waals surface area contributed by atoms with E-state index in [4.69, 9.17) is 9.47 Å². The Morgan fingerprint density at radius 2 is 2.05 bits per heavy atom. The summed E-state index contributed by atoms with van der Waals surface area (Å²) in [7, 11) is 3.66. The van der Waals surface area contributed by atoms with Gasteiger partial charge in [-0.3, -0.25) is 0 Å². The smallest absolute Gasteiger partial charge is 0.407 e. The largest absolute Gasteiger partial charge is 0.445 e. The first-order chi connectivity index (χ1) is 10.6. The Bertz CT molecular complexity index is 480. The molecule has 5 heteroatoms. The van der Waals surface area contributed by atoms with Crippen LogP contribution >= 0.6 is 0 Å². The summed E-state index contributed by atoms with van der Waals surface area (Å²) < 4.78 is 10.9. The summed E-state index contributed by atoms with van der Waals surface area (Å²) in [4.78, 5) is 12.0. The fourth-order valence-corrected chi connectivity index (χ4v) is 2.95. The number of ether oxygens (including phenoxy) is 2. The van der Waals surface area contributed by atoms with Gasteiger partial charge in [0, 0.05) is 19.2 Å². The zero-order valence-corrected chi connectivity index (χ0v) is 13.6. The van der Waals surface area contributed by atoms with Gasteiger partial charge < -0.3 is 20.1 Å². The lowest BCUT2D eigenvalue weighted by atomic mass is 9.80. The van der Waals surface area contributed by atoms with Gasteiger partial charge in [0.25, 0.3) is 0 Å². The summed E-state index contributed by atoms with van der Waals surface area (Å²) in [5.41, 5.74) is 0.859. The number of likely N-dealkylation sites (N-methyl/N-ethyl adjacent to an activating group) is 1. The molecule has 0 saturated heterocycles. The van der Waals surface area contributed by atoms with Gasteiger partial charge in [0.05, 0.1) is 5.60 Å². The molecule has 0 aromatic heterocycles. The minimum atomic E-state index is -0.366. The third-order valence-corrected chi connectivity index (χ3v) is 4.50. The van der Waals surface area contributed by atoms with Gasteiger partial charge in [0.2, 0.25) is 0 Å². The lowest BCUT2D eigenvalue weighted by molar-refractivity contribution is -0.0387. The number of hydrogen-bond acceptors (Lipinski definition) is 4. The topological polar surface area (TPSA) is 59.6 Å². The molecule has 1 aliphatic carbocycles. The van der Waals surface area contributed by atoms with Crippen molar-refractivity contribution in [2.45, 2.75) is 50.5 Å². The van der Waals surface area contributed by atoms with E-state index in [9.17, 15) is 4.79 Å². The number of carbonyl (C=O) groups is 1. The quantitative estimate of drug-likeness (QED) is 0.877. The van der Waals surface area contributed by atoms with E-state index in [-0.39, 0.29) is 23.8 Å². The highest BCUT2D eigenvalue weighted by Crippen LogP contribution is 2.31. The molecule has 2 N–H and O–H groups in total. The number of rotatable bonds is 5. The Kier molecular flexibility index (Phi) is 5.80. The van der Waals surface area contributed by atoms with Gasteiger partial charge in [-0.2, -0.15) is 0 Å². The average Bonchev–Trinajstić information content (AvgIpc) is 2.55. The molecule has 1 saturated carbocycles. The minimum absolute atomic E-state index is 0.0662. The van der Waals surface area contributed by atoms with Crippen LogP contribution in [0.25, 0.3) is 0 Å². The van der Waals surface area contributed by atoms with E-state index in [1.165, 1.54) is 0 Å². The first-order valence-corrected chi connectivity index (χ1v) is 7.76. The molecule has 1 amide bonds. The number of benzene rings is 1. The number of carbonyl (C=O) groups excluding carboxylic acids is 1. The SMILES string of the molecule is CN[C@@H]1CC(C)(OC)CC[C@@H]1NC(=O)OCc1ccccc1. The summed E-state index contributed by atoms with van der Waals surface area (Å²) in [6, 6.07) is 9.93. The lowest BCUT2D eigenvalue weighted by Crippen LogP contribution is -2.56. The van der Waals surface area contributed by atoms with Gasteiger partial charge >= 0.3 is 6.09 Å². The number of alkyl carbamates (subject to hydrolysis) is 1. The van der Waals surface area contributed by atoms with Crippen molar-refractivity contribution in [3.63, 3.8) is 0 Å². The molecule has 1 fully saturated rings. The standard InChI is InChI=1S/C17H26N2O3/c1-17(21-3)10-9-14(15(11-17)18-2)19-16(20)22-12-13-7-5-4-6-8-13/h4-8,14-15,18H,9-12H2,1-3H3,(H,19,20)/t14-,15+,17?/m0/s1. The third kappa shape index (κ3) is 4.45. The molecular weight excluding hydrogens is 280 g/mol. The highest BCUT2D eigenvalue weighted by molar-refractivity contribution is 5.67. The number of hydrogen-bond donors (Lipinski definition) is 2. The second kappa shape index (κ2) is 7.61. The second-order valence-corrected chi connectivity index (χ2v) is 6.10. The van der Waals surface area contributed by atoms with Crippen molar-refractivity contribution in [1.82, 2.24) is 10.6 Å². The highest BCUT2D eigenvalue weighted by atomic mass is 16.5. The van der Waals surface area contributed by atoms with Gasteiger partial charge in [0.15, 0.2) is 0 Å². The molecule has 0 bridgehead atoms. The van der Waals surface area contributed by atoms with E-state index in [1.54, 1.807) is 7.11 Å². The maximum absolute atomic E-state index is 12.0. The lowest BCUT2D eigenvalue weighted by Gasteiger charge is -2.41. The molecule has 1 aromatic carbocycles. The predicted molar refractivity (Wildman–Crippen MR) is 85.7 cm³/mol. The maximum Gasteiger partial charge on any atom is 0.407 e. The molecule has 1 aromatic rings. The Hall–Kier alpha value is -1.59. The fourth-order valence-electron chi connectivity index (χ4n) is 2.95. The normalized spacial score (nSPS) is 28.1. The monoisotopic (exact) mass is 306 g/mol. The summed E-state index contributed by atoms with van der Waals surface area (Å²) in [6.07, 6.45) is 2.29. The van der Waals surface area contributed by atoms with Crippen molar-refractivity contribution in [1.29, 1.82) is 0 Å². The molecule has 0 spiro atoms. The summed E-state index contributed by atoms with van der Waals surface area (Å²) in [5.74, 6) is 0. The van der Waals surface area contributed by atoms with E-state index >= 15 is 0 Å². The highest BCUT2D eigenvalue weighted by Gasteiger charge is 2.38. The second-order valence-electron chi connectivity index (χ2n) is 6.10.